The van der Waals surface area contributed by atoms with Crippen molar-refractivity contribution in [3.05, 3.63) is 23.7 Å². The second kappa shape index (κ2) is 8.01. The van der Waals surface area contributed by atoms with Gasteiger partial charge in [0.05, 0.1) is 11.8 Å². The van der Waals surface area contributed by atoms with Crippen LogP contribution in [0.5, 0.6) is 0 Å². The third-order valence-corrected chi connectivity index (χ3v) is 4.49. The number of rotatable bonds is 7. The Morgan fingerprint density at radius 2 is 2.09 bits per heavy atom. The van der Waals surface area contributed by atoms with Crippen LogP contribution >= 0.6 is 0 Å². The van der Waals surface area contributed by atoms with E-state index in [9.17, 15) is 9.59 Å². The Balaban J connectivity index is 1.95. The average Bonchev–Trinajstić information content (AvgIpc) is 2.92. The second-order valence-electron chi connectivity index (χ2n) is 6.23. The van der Waals surface area contributed by atoms with E-state index in [2.05, 4.69) is 5.32 Å². The lowest BCUT2D eigenvalue weighted by molar-refractivity contribution is -0.137. The number of amides is 1. The monoisotopic (exact) mass is 307 g/mol. The summed E-state index contributed by atoms with van der Waals surface area (Å²) in [5.74, 6) is 0.199. The highest BCUT2D eigenvalue weighted by Crippen LogP contribution is 2.28. The number of nitrogens with one attached hydrogen (secondary N) is 1. The molecule has 5 heteroatoms. The van der Waals surface area contributed by atoms with Crippen LogP contribution in [0, 0.1) is 12.8 Å². The van der Waals surface area contributed by atoms with Gasteiger partial charge in [0.1, 0.15) is 5.76 Å². The molecule has 0 saturated heterocycles. The Morgan fingerprint density at radius 1 is 1.36 bits per heavy atom. The first kappa shape index (κ1) is 16.6. The van der Waals surface area contributed by atoms with Crippen molar-refractivity contribution in [2.45, 2.75) is 64.3 Å². The summed E-state index contributed by atoms with van der Waals surface area (Å²) >= 11 is 0. The smallest absolute Gasteiger partial charge is 0.303 e. The zero-order valence-electron chi connectivity index (χ0n) is 13.1. The molecular weight excluding hydrogens is 282 g/mol. The summed E-state index contributed by atoms with van der Waals surface area (Å²) < 4.78 is 5.16. The molecule has 0 bridgehead atoms. The Morgan fingerprint density at radius 3 is 2.68 bits per heavy atom. The lowest BCUT2D eigenvalue weighted by Crippen LogP contribution is -2.37. The summed E-state index contributed by atoms with van der Waals surface area (Å²) in [5, 5.41) is 11.9. The molecule has 5 nitrogen and oxygen atoms in total. The van der Waals surface area contributed by atoms with Crippen molar-refractivity contribution in [2.24, 2.45) is 5.92 Å². The molecule has 1 fully saturated rings. The summed E-state index contributed by atoms with van der Waals surface area (Å²) in [6, 6.07) is 1.57. The molecule has 2 rings (SSSR count). The van der Waals surface area contributed by atoms with Crippen LogP contribution in [0.15, 0.2) is 16.7 Å². The Bertz CT molecular complexity index is 503. The molecular formula is C17H25NO4. The normalized spacial score (nSPS) is 17.1. The van der Waals surface area contributed by atoms with Gasteiger partial charge in [0.25, 0.3) is 5.91 Å². The van der Waals surface area contributed by atoms with Gasteiger partial charge in [-0.25, -0.2) is 0 Å². The first-order valence-electron chi connectivity index (χ1n) is 8.13. The standard InChI is InChI=1S/C17H25NO4/c1-12-15(9-10-22-12)17(21)18-14(7-8-16(19)20)11-13-5-3-2-4-6-13/h9-10,13-14H,2-8,11H2,1H3,(H,18,21)(H,19,20). The lowest BCUT2D eigenvalue weighted by atomic mass is 9.84. The molecule has 1 amide bonds. The van der Waals surface area contributed by atoms with E-state index in [1.54, 1.807) is 13.0 Å². The Kier molecular flexibility index (Phi) is 6.04. The minimum atomic E-state index is -0.817. The van der Waals surface area contributed by atoms with E-state index in [4.69, 9.17) is 9.52 Å². The van der Waals surface area contributed by atoms with Crippen molar-refractivity contribution in [2.75, 3.05) is 0 Å². The van der Waals surface area contributed by atoms with Crippen molar-refractivity contribution < 1.29 is 19.1 Å². The molecule has 2 N–H and O–H groups in total. The SMILES string of the molecule is Cc1occc1C(=O)NC(CCC(=O)O)CC1CCCCC1. The van der Waals surface area contributed by atoms with Gasteiger partial charge in [-0.3, -0.25) is 9.59 Å². The zero-order valence-corrected chi connectivity index (χ0v) is 13.1. The van der Waals surface area contributed by atoms with Crippen LogP contribution < -0.4 is 5.32 Å². The van der Waals surface area contributed by atoms with Crippen molar-refractivity contribution >= 4 is 11.9 Å². The molecule has 22 heavy (non-hydrogen) atoms. The predicted octanol–water partition coefficient (Wildman–Crippen LogP) is 3.52. The predicted molar refractivity (Wildman–Crippen MR) is 82.8 cm³/mol. The highest BCUT2D eigenvalue weighted by Gasteiger charge is 2.22. The molecule has 0 aliphatic heterocycles. The number of carboxylic acids is 1. The maximum Gasteiger partial charge on any atom is 0.303 e. The van der Waals surface area contributed by atoms with Crippen molar-refractivity contribution in [1.29, 1.82) is 0 Å². The van der Waals surface area contributed by atoms with Gasteiger partial charge in [-0.1, -0.05) is 32.1 Å². The van der Waals surface area contributed by atoms with E-state index in [1.165, 1.54) is 38.4 Å². The second-order valence-corrected chi connectivity index (χ2v) is 6.23. The molecule has 1 aromatic heterocycles. The van der Waals surface area contributed by atoms with E-state index in [1.807, 2.05) is 0 Å². The number of carbonyl (C=O) groups is 2. The van der Waals surface area contributed by atoms with E-state index < -0.39 is 5.97 Å². The Hall–Kier alpha value is -1.78. The van der Waals surface area contributed by atoms with Crippen molar-refractivity contribution in [1.82, 2.24) is 5.32 Å². The lowest BCUT2D eigenvalue weighted by Gasteiger charge is -2.27. The maximum atomic E-state index is 12.3. The fraction of sp³-hybridized carbons (Fsp3) is 0.647. The van der Waals surface area contributed by atoms with E-state index >= 15 is 0 Å². The van der Waals surface area contributed by atoms with Crippen LogP contribution in [0.1, 0.15) is 67.5 Å². The van der Waals surface area contributed by atoms with Gasteiger partial charge in [0.2, 0.25) is 0 Å². The summed E-state index contributed by atoms with van der Waals surface area (Å²) in [4.78, 5) is 23.1. The number of furan rings is 1. The molecule has 1 aromatic rings. The molecule has 1 aliphatic carbocycles. The number of carboxylic acid groups (broad SMARTS) is 1. The highest BCUT2D eigenvalue weighted by molar-refractivity contribution is 5.95. The van der Waals surface area contributed by atoms with Gasteiger partial charge in [-0.2, -0.15) is 0 Å². The first-order chi connectivity index (χ1) is 10.6. The van der Waals surface area contributed by atoms with E-state index in [0.717, 1.165) is 6.42 Å². The first-order valence-corrected chi connectivity index (χ1v) is 8.13. The van der Waals surface area contributed by atoms with Gasteiger partial charge >= 0.3 is 5.97 Å². The van der Waals surface area contributed by atoms with Crippen molar-refractivity contribution in [3.8, 4) is 0 Å². The highest BCUT2D eigenvalue weighted by atomic mass is 16.4. The summed E-state index contributed by atoms with van der Waals surface area (Å²) in [7, 11) is 0. The molecule has 1 atom stereocenters. The molecule has 0 spiro atoms. The van der Waals surface area contributed by atoms with Crippen LogP contribution in [0.3, 0.4) is 0 Å². The van der Waals surface area contributed by atoms with Gasteiger partial charge < -0.3 is 14.8 Å². The number of aryl methyl sites for hydroxylation is 1. The minimum absolute atomic E-state index is 0.0824. The van der Waals surface area contributed by atoms with Gasteiger partial charge in [-0.15, -0.1) is 0 Å². The average molecular weight is 307 g/mol. The molecule has 0 aromatic carbocycles. The van der Waals surface area contributed by atoms with E-state index in [-0.39, 0.29) is 18.4 Å². The molecule has 1 aliphatic rings. The summed E-state index contributed by atoms with van der Waals surface area (Å²) in [6.07, 6.45) is 9.07. The number of aliphatic carboxylic acids is 1. The maximum absolute atomic E-state index is 12.3. The quantitative estimate of drug-likeness (QED) is 0.807. The fourth-order valence-electron chi connectivity index (χ4n) is 3.26. The topological polar surface area (TPSA) is 79.5 Å². The van der Waals surface area contributed by atoms with Gasteiger partial charge in [0.15, 0.2) is 0 Å². The largest absolute Gasteiger partial charge is 0.481 e. The van der Waals surface area contributed by atoms with Gasteiger partial charge in [0, 0.05) is 12.5 Å². The van der Waals surface area contributed by atoms with Crippen molar-refractivity contribution in [3.63, 3.8) is 0 Å². The van der Waals surface area contributed by atoms with Gasteiger partial charge in [-0.05, 0) is 31.7 Å². The Labute approximate surface area is 131 Å². The summed E-state index contributed by atoms with van der Waals surface area (Å²) in [6.45, 7) is 1.75. The van der Waals surface area contributed by atoms with Crippen LogP contribution in [-0.4, -0.2) is 23.0 Å². The summed E-state index contributed by atoms with van der Waals surface area (Å²) in [5.41, 5.74) is 0.531. The molecule has 122 valence electrons. The molecule has 1 unspecified atom stereocenters. The molecule has 1 heterocycles. The van der Waals surface area contributed by atoms with Crippen LogP contribution in [-0.2, 0) is 4.79 Å². The zero-order chi connectivity index (χ0) is 15.9. The molecule has 1 saturated carbocycles. The van der Waals surface area contributed by atoms with Crippen LogP contribution in [0.25, 0.3) is 0 Å². The fourth-order valence-corrected chi connectivity index (χ4v) is 3.26. The molecule has 0 radical (unpaired) electrons. The van der Waals surface area contributed by atoms with Crippen LogP contribution in [0.2, 0.25) is 0 Å². The third-order valence-electron chi connectivity index (χ3n) is 4.49. The minimum Gasteiger partial charge on any atom is -0.481 e. The number of hydrogen-bond acceptors (Lipinski definition) is 3. The third kappa shape index (κ3) is 4.90. The number of hydrogen-bond donors (Lipinski definition) is 2. The number of carbonyl (C=O) groups excluding carboxylic acids is 1. The van der Waals surface area contributed by atoms with E-state index in [0.29, 0.717) is 23.7 Å². The van der Waals surface area contributed by atoms with Crippen LogP contribution in [0.4, 0.5) is 0 Å².